The SMILES string of the molecule is Cc1ccc(C(C(=O)NC(C)(C)C)N(C(=O)C(CC(C)C)NC(=O)OC(C)(C)C)C2CC2C)cc1C. The van der Waals surface area contributed by atoms with Gasteiger partial charge in [-0.25, -0.2) is 4.79 Å². The molecule has 7 heteroatoms. The van der Waals surface area contributed by atoms with Gasteiger partial charge >= 0.3 is 6.09 Å². The molecule has 7 nitrogen and oxygen atoms in total. The first-order valence-electron chi connectivity index (χ1n) is 13.1. The normalized spacial score (nSPS) is 19.3. The Bertz CT molecular complexity index is 958. The Hall–Kier alpha value is -2.57. The second-order valence-electron chi connectivity index (χ2n) is 12.8. The number of hydrogen-bond acceptors (Lipinski definition) is 4. The van der Waals surface area contributed by atoms with Gasteiger partial charge in [0.15, 0.2) is 0 Å². The van der Waals surface area contributed by atoms with E-state index in [1.54, 1.807) is 25.7 Å². The Kier molecular flexibility index (Phi) is 9.25. The standard InChI is InChI=1S/C29H47N3O4/c1-17(2)14-22(30-27(35)36-29(9,10)11)26(34)32(23-16-20(23)5)24(25(33)31-28(6,7)8)21-13-12-18(3)19(4)15-21/h12-13,15,17,20,22-24H,14,16H2,1-11H3,(H,30,35)(H,31,33). The maximum absolute atomic E-state index is 14.2. The third kappa shape index (κ3) is 8.52. The van der Waals surface area contributed by atoms with E-state index in [0.717, 1.165) is 23.1 Å². The maximum atomic E-state index is 14.2. The quantitative estimate of drug-likeness (QED) is 0.497. The molecule has 2 rings (SSSR count). The lowest BCUT2D eigenvalue weighted by atomic mass is 9.96. The summed E-state index contributed by atoms with van der Waals surface area (Å²) in [6.45, 7) is 21.3. The first kappa shape index (κ1) is 29.7. The monoisotopic (exact) mass is 501 g/mol. The summed E-state index contributed by atoms with van der Waals surface area (Å²) in [6.07, 6.45) is 0.625. The summed E-state index contributed by atoms with van der Waals surface area (Å²) in [5, 5.41) is 5.90. The van der Waals surface area contributed by atoms with Crippen molar-refractivity contribution in [3.05, 3.63) is 34.9 Å². The van der Waals surface area contributed by atoms with Gasteiger partial charge in [0, 0.05) is 11.6 Å². The van der Waals surface area contributed by atoms with E-state index in [1.807, 2.05) is 66.7 Å². The van der Waals surface area contributed by atoms with E-state index in [9.17, 15) is 14.4 Å². The number of alkyl carbamates (subject to hydrolysis) is 1. The fourth-order valence-electron chi connectivity index (χ4n) is 4.31. The number of amides is 3. The van der Waals surface area contributed by atoms with Crippen LogP contribution in [-0.4, -0.2) is 46.0 Å². The van der Waals surface area contributed by atoms with Crippen molar-refractivity contribution >= 4 is 17.9 Å². The molecule has 36 heavy (non-hydrogen) atoms. The Morgan fingerprint density at radius 1 is 1.06 bits per heavy atom. The van der Waals surface area contributed by atoms with Crippen LogP contribution in [0.25, 0.3) is 0 Å². The van der Waals surface area contributed by atoms with Crippen molar-refractivity contribution in [2.75, 3.05) is 0 Å². The summed E-state index contributed by atoms with van der Waals surface area (Å²) in [6, 6.07) is 4.23. The molecular weight excluding hydrogens is 454 g/mol. The minimum absolute atomic E-state index is 0.0788. The van der Waals surface area contributed by atoms with Crippen LogP contribution in [0.15, 0.2) is 18.2 Å². The number of ether oxygens (including phenoxy) is 1. The molecule has 2 N–H and O–H groups in total. The molecule has 0 aliphatic heterocycles. The highest BCUT2D eigenvalue weighted by Crippen LogP contribution is 2.41. The number of rotatable bonds is 8. The minimum atomic E-state index is -0.805. The van der Waals surface area contributed by atoms with Gasteiger partial charge in [0.25, 0.3) is 0 Å². The van der Waals surface area contributed by atoms with Crippen LogP contribution < -0.4 is 10.6 Å². The highest BCUT2D eigenvalue weighted by atomic mass is 16.6. The zero-order valence-corrected chi connectivity index (χ0v) is 24.1. The zero-order chi connectivity index (χ0) is 27.6. The van der Waals surface area contributed by atoms with Crippen LogP contribution in [0, 0.1) is 25.7 Å². The van der Waals surface area contributed by atoms with Crippen molar-refractivity contribution in [3.63, 3.8) is 0 Å². The number of hydrogen-bond donors (Lipinski definition) is 2. The van der Waals surface area contributed by atoms with E-state index < -0.39 is 29.3 Å². The molecule has 1 fully saturated rings. The zero-order valence-electron chi connectivity index (χ0n) is 24.1. The second kappa shape index (κ2) is 11.2. The predicted octanol–water partition coefficient (Wildman–Crippen LogP) is 5.44. The van der Waals surface area contributed by atoms with Crippen molar-refractivity contribution in [2.24, 2.45) is 11.8 Å². The average molecular weight is 502 g/mol. The van der Waals surface area contributed by atoms with Gasteiger partial charge in [-0.05, 0) is 96.8 Å². The van der Waals surface area contributed by atoms with Gasteiger partial charge in [0.2, 0.25) is 11.8 Å². The van der Waals surface area contributed by atoms with Crippen molar-refractivity contribution in [3.8, 4) is 0 Å². The van der Waals surface area contributed by atoms with Gasteiger partial charge in [-0.15, -0.1) is 0 Å². The first-order valence-corrected chi connectivity index (χ1v) is 13.1. The van der Waals surface area contributed by atoms with Gasteiger partial charge < -0.3 is 20.3 Å². The largest absolute Gasteiger partial charge is 0.444 e. The highest BCUT2D eigenvalue weighted by Gasteiger charge is 2.48. The fraction of sp³-hybridized carbons (Fsp3) is 0.690. The molecule has 0 radical (unpaired) electrons. The molecule has 0 aromatic heterocycles. The lowest BCUT2D eigenvalue weighted by molar-refractivity contribution is -0.144. The molecule has 0 bridgehead atoms. The summed E-state index contributed by atoms with van der Waals surface area (Å²) in [5.74, 6) is -0.0579. The van der Waals surface area contributed by atoms with Crippen LogP contribution in [0.4, 0.5) is 4.79 Å². The molecule has 1 aliphatic rings. The van der Waals surface area contributed by atoms with E-state index in [2.05, 4.69) is 17.6 Å². The lowest BCUT2D eigenvalue weighted by Crippen LogP contribution is -2.55. The molecule has 1 aromatic carbocycles. The van der Waals surface area contributed by atoms with Crippen molar-refractivity contribution in [1.82, 2.24) is 15.5 Å². The van der Waals surface area contributed by atoms with Gasteiger partial charge in [0.1, 0.15) is 17.7 Å². The van der Waals surface area contributed by atoms with E-state index in [-0.39, 0.29) is 29.7 Å². The summed E-state index contributed by atoms with van der Waals surface area (Å²) in [5.41, 5.74) is 1.80. The number of carbonyl (C=O) groups excluding carboxylic acids is 3. The smallest absolute Gasteiger partial charge is 0.408 e. The first-order chi connectivity index (χ1) is 16.4. The Morgan fingerprint density at radius 3 is 2.08 bits per heavy atom. The molecule has 4 atom stereocenters. The molecule has 0 saturated heterocycles. The van der Waals surface area contributed by atoms with E-state index in [0.29, 0.717) is 6.42 Å². The Morgan fingerprint density at radius 2 is 1.64 bits per heavy atom. The summed E-state index contributed by atoms with van der Waals surface area (Å²) >= 11 is 0. The van der Waals surface area contributed by atoms with Gasteiger partial charge in [0.05, 0.1) is 0 Å². The topological polar surface area (TPSA) is 87.7 Å². The molecule has 202 valence electrons. The van der Waals surface area contributed by atoms with E-state index >= 15 is 0 Å². The van der Waals surface area contributed by atoms with Gasteiger partial charge in [-0.3, -0.25) is 9.59 Å². The molecule has 0 heterocycles. The van der Waals surface area contributed by atoms with Crippen LogP contribution >= 0.6 is 0 Å². The lowest BCUT2D eigenvalue weighted by Gasteiger charge is -2.37. The number of benzene rings is 1. The third-order valence-corrected chi connectivity index (χ3v) is 6.25. The van der Waals surface area contributed by atoms with Crippen LogP contribution in [0.2, 0.25) is 0 Å². The van der Waals surface area contributed by atoms with Gasteiger partial charge in [-0.1, -0.05) is 39.0 Å². The van der Waals surface area contributed by atoms with Gasteiger partial charge in [-0.2, -0.15) is 0 Å². The van der Waals surface area contributed by atoms with Crippen LogP contribution in [0.3, 0.4) is 0 Å². The van der Waals surface area contributed by atoms with Crippen molar-refractivity contribution < 1.29 is 19.1 Å². The predicted molar refractivity (Wildman–Crippen MR) is 144 cm³/mol. The molecule has 3 amide bonds. The number of carbonyl (C=O) groups is 3. The molecule has 1 aliphatic carbocycles. The summed E-state index contributed by atoms with van der Waals surface area (Å²) in [7, 11) is 0. The average Bonchev–Trinajstić information content (AvgIpc) is 3.40. The number of nitrogens with zero attached hydrogens (tertiary/aromatic N) is 1. The van der Waals surface area contributed by atoms with Crippen molar-refractivity contribution in [2.45, 2.75) is 118 Å². The fourth-order valence-corrected chi connectivity index (χ4v) is 4.31. The number of aryl methyl sites for hydroxylation is 2. The Balaban J connectivity index is 2.54. The molecule has 1 aromatic rings. The minimum Gasteiger partial charge on any atom is -0.444 e. The second-order valence-corrected chi connectivity index (χ2v) is 12.8. The van der Waals surface area contributed by atoms with Crippen LogP contribution in [0.5, 0.6) is 0 Å². The molecular formula is C29H47N3O4. The van der Waals surface area contributed by atoms with Crippen molar-refractivity contribution in [1.29, 1.82) is 0 Å². The van der Waals surface area contributed by atoms with E-state index in [4.69, 9.17) is 4.74 Å². The molecule has 4 unspecified atom stereocenters. The third-order valence-electron chi connectivity index (χ3n) is 6.25. The molecule has 0 spiro atoms. The van der Waals surface area contributed by atoms with E-state index in [1.165, 1.54) is 0 Å². The van der Waals surface area contributed by atoms with Crippen LogP contribution in [-0.2, 0) is 14.3 Å². The molecule has 1 saturated carbocycles. The maximum Gasteiger partial charge on any atom is 0.408 e. The summed E-state index contributed by atoms with van der Waals surface area (Å²) in [4.78, 5) is 42.4. The highest BCUT2D eigenvalue weighted by molar-refractivity contribution is 5.93. The summed E-state index contributed by atoms with van der Waals surface area (Å²) < 4.78 is 5.46. The number of nitrogens with one attached hydrogen (secondary N) is 2. The van der Waals surface area contributed by atoms with Crippen LogP contribution in [0.1, 0.15) is 97.9 Å². The Labute approximate surface area is 217 Å².